The fourth-order valence-corrected chi connectivity index (χ4v) is 1.24. The van der Waals surface area contributed by atoms with E-state index in [0.29, 0.717) is 12.2 Å². The summed E-state index contributed by atoms with van der Waals surface area (Å²) in [5.41, 5.74) is 7.24. The van der Waals surface area contributed by atoms with Crippen molar-refractivity contribution in [3.05, 3.63) is 29.1 Å². The van der Waals surface area contributed by atoms with Crippen LogP contribution in [-0.2, 0) is 11.3 Å². The summed E-state index contributed by atoms with van der Waals surface area (Å²) >= 11 is 0. The lowest BCUT2D eigenvalue weighted by Crippen LogP contribution is -2.24. The van der Waals surface area contributed by atoms with E-state index in [4.69, 9.17) is 10.5 Å². The molecule has 0 aliphatic rings. The van der Waals surface area contributed by atoms with Gasteiger partial charge in [-0.05, 0) is 44.9 Å². The molecule has 16 heavy (non-hydrogen) atoms. The van der Waals surface area contributed by atoms with Crippen molar-refractivity contribution in [3.63, 3.8) is 0 Å². The molecule has 0 atom stereocenters. The normalized spacial score (nSPS) is 11.3. The van der Waals surface area contributed by atoms with Crippen molar-refractivity contribution in [1.29, 1.82) is 0 Å². The molecule has 0 spiro atoms. The lowest BCUT2D eigenvalue weighted by molar-refractivity contribution is 0.00627. The first kappa shape index (κ1) is 12.6. The van der Waals surface area contributed by atoms with Crippen LogP contribution in [0.25, 0.3) is 0 Å². The first-order valence-corrected chi connectivity index (χ1v) is 5.22. The topological polar surface area (TPSA) is 65.2 Å². The van der Waals surface area contributed by atoms with Gasteiger partial charge in [0.05, 0.1) is 0 Å². The molecule has 0 aliphatic carbocycles. The summed E-state index contributed by atoms with van der Waals surface area (Å²) in [4.78, 5) is 15.7. The Morgan fingerprint density at radius 3 is 2.56 bits per heavy atom. The molecule has 1 rings (SSSR count). The summed E-state index contributed by atoms with van der Waals surface area (Å²) in [5.74, 6) is -0.404. The summed E-state index contributed by atoms with van der Waals surface area (Å²) in [6, 6.07) is 1.70. The van der Waals surface area contributed by atoms with E-state index in [1.54, 1.807) is 12.3 Å². The van der Waals surface area contributed by atoms with Crippen LogP contribution in [0.4, 0.5) is 0 Å². The first-order chi connectivity index (χ1) is 7.33. The summed E-state index contributed by atoms with van der Waals surface area (Å²) in [7, 11) is 0. The van der Waals surface area contributed by atoms with E-state index < -0.39 is 11.6 Å². The minimum atomic E-state index is -0.501. The first-order valence-electron chi connectivity index (χ1n) is 5.22. The molecule has 0 unspecified atom stereocenters. The van der Waals surface area contributed by atoms with Gasteiger partial charge in [0, 0.05) is 12.7 Å². The fourth-order valence-electron chi connectivity index (χ4n) is 1.24. The zero-order valence-electron chi connectivity index (χ0n) is 10.2. The van der Waals surface area contributed by atoms with E-state index in [-0.39, 0.29) is 0 Å². The van der Waals surface area contributed by atoms with Crippen molar-refractivity contribution in [1.82, 2.24) is 4.98 Å². The predicted molar refractivity (Wildman–Crippen MR) is 62.0 cm³/mol. The zero-order valence-corrected chi connectivity index (χ0v) is 10.2. The molecule has 0 bridgehead atoms. The lowest BCUT2D eigenvalue weighted by Gasteiger charge is -2.19. The third-order valence-corrected chi connectivity index (χ3v) is 2.05. The van der Waals surface area contributed by atoms with Crippen LogP contribution in [0.15, 0.2) is 12.3 Å². The number of aromatic nitrogens is 1. The molecule has 88 valence electrons. The molecule has 0 radical (unpaired) electrons. The average Bonchev–Trinajstić information content (AvgIpc) is 2.15. The Morgan fingerprint density at radius 1 is 1.50 bits per heavy atom. The second kappa shape index (κ2) is 4.61. The summed E-state index contributed by atoms with van der Waals surface area (Å²) in [5, 5.41) is 0. The predicted octanol–water partition coefficient (Wildman–Crippen LogP) is 1.80. The molecule has 1 aromatic rings. The summed E-state index contributed by atoms with van der Waals surface area (Å²) in [6.45, 7) is 7.80. The van der Waals surface area contributed by atoms with Crippen LogP contribution in [-0.4, -0.2) is 16.6 Å². The maximum atomic E-state index is 11.7. The van der Waals surface area contributed by atoms with E-state index in [0.717, 1.165) is 11.1 Å². The number of ether oxygens (including phenoxy) is 1. The Kier molecular flexibility index (Phi) is 3.65. The minimum absolute atomic E-state index is 0.324. The number of hydrogen-bond acceptors (Lipinski definition) is 4. The Balaban J connectivity index is 2.89. The van der Waals surface area contributed by atoms with Gasteiger partial charge in [0.2, 0.25) is 0 Å². The van der Waals surface area contributed by atoms with Crippen LogP contribution in [0.2, 0.25) is 0 Å². The van der Waals surface area contributed by atoms with Gasteiger partial charge < -0.3 is 10.5 Å². The molecule has 1 heterocycles. The monoisotopic (exact) mass is 222 g/mol. The Bertz CT molecular complexity index is 394. The van der Waals surface area contributed by atoms with E-state index >= 15 is 0 Å². The number of carbonyl (C=O) groups is 1. The standard InChI is InChI=1S/C12H18N2O2/c1-8-5-10(14-7-9(8)6-13)11(15)16-12(2,3)4/h5,7H,6,13H2,1-4H3. The fraction of sp³-hybridized carbons (Fsp3) is 0.500. The quantitative estimate of drug-likeness (QED) is 0.775. The van der Waals surface area contributed by atoms with Crippen LogP contribution < -0.4 is 5.73 Å². The number of esters is 1. The number of nitrogens with two attached hydrogens (primary N) is 1. The molecular formula is C12H18N2O2. The highest BCUT2D eigenvalue weighted by atomic mass is 16.6. The Morgan fingerprint density at radius 2 is 2.12 bits per heavy atom. The van der Waals surface area contributed by atoms with Crippen molar-refractivity contribution >= 4 is 5.97 Å². The second-order valence-corrected chi connectivity index (χ2v) is 4.70. The molecule has 4 heteroatoms. The van der Waals surface area contributed by atoms with Gasteiger partial charge in [-0.15, -0.1) is 0 Å². The highest BCUT2D eigenvalue weighted by Crippen LogP contribution is 2.13. The van der Waals surface area contributed by atoms with Gasteiger partial charge in [0.25, 0.3) is 0 Å². The highest BCUT2D eigenvalue weighted by Gasteiger charge is 2.19. The number of pyridine rings is 1. The van der Waals surface area contributed by atoms with E-state index in [1.165, 1.54) is 0 Å². The van der Waals surface area contributed by atoms with Gasteiger partial charge in [0.1, 0.15) is 11.3 Å². The van der Waals surface area contributed by atoms with Gasteiger partial charge in [0.15, 0.2) is 0 Å². The molecule has 0 amide bonds. The second-order valence-electron chi connectivity index (χ2n) is 4.70. The third-order valence-electron chi connectivity index (χ3n) is 2.05. The molecule has 0 fully saturated rings. The van der Waals surface area contributed by atoms with Crippen LogP contribution in [0.1, 0.15) is 42.4 Å². The number of nitrogens with zero attached hydrogens (tertiary/aromatic N) is 1. The molecule has 0 aliphatic heterocycles. The number of carbonyl (C=O) groups excluding carboxylic acids is 1. The lowest BCUT2D eigenvalue weighted by atomic mass is 10.1. The van der Waals surface area contributed by atoms with Crippen molar-refractivity contribution in [2.45, 2.75) is 39.8 Å². The van der Waals surface area contributed by atoms with E-state index in [2.05, 4.69) is 4.98 Å². The molecule has 1 aromatic heterocycles. The summed E-state index contributed by atoms with van der Waals surface area (Å²) in [6.07, 6.45) is 1.62. The van der Waals surface area contributed by atoms with E-state index in [9.17, 15) is 4.79 Å². The SMILES string of the molecule is Cc1cc(C(=O)OC(C)(C)C)ncc1CN. The molecule has 0 saturated heterocycles. The molecule has 0 saturated carbocycles. The van der Waals surface area contributed by atoms with Gasteiger partial charge >= 0.3 is 5.97 Å². The largest absolute Gasteiger partial charge is 0.455 e. The molecule has 2 N–H and O–H groups in total. The van der Waals surface area contributed by atoms with Gasteiger partial charge in [-0.3, -0.25) is 0 Å². The van der Waals surface area contributed by atoms with Crippen LogP contribution >= 0.6 is 0 Å². The van der Waals surface area contributed by atoms with E-state index in [1.807, 2.05) is 27.7 Å². The molecule has 4 nitrogen and oxygen atoms in total. The van der Waals surface area contributed by atoms with Crippen LogP contribution in [0, 0.1) is 6.92 Å². The third kappa shape index (κ3) is 3.31. The van der Waals surface area contributed by atoms with Crippen LogP contribution in [0.5, 0.6) is 0 Å². The minimum Gasteiger partial charge on any atom is -0.455 e. The Labute approximate surface area is 95.8 Å². The number of hydrogen-bond donors (Lipinski definition) is 1. The van der Waals surface area contributed by atoms with Crippen molar-refractivity contribution in [2.75, 3.05) is 0 Å². The number of aryl methyl sites for hydroxylation is 1. The maximum Gasteiger partial charge on any atom is 0.357 e. The van der Waals surface area contributed by atoms with Crippen molar-refractivity contribution < 1.29 is 9.53 Å². The summed E-state index contributed by atoms with van der Waals surface area (Å²) < 4.78 is 5.22. The van der Waals surface area contributed by atoms with Gasteiger partial charge in [-0.2, -0.15) is 0 Å². The zero-order chi connectivity index (χ0) is 12.3. The van der Waals surface area contributed by atoms with Crippen LogP contribution in [0.3, 0.4) is 0 Å². The molecule has 0 aromatic carbocycles. The molecular weight excluding hydrogens is 204 g/mol. The van der Waals surface area contributed by atoms with Crippen molar-refractivity contribution in [3.8, 4) is 0 Å². The number of rotatable bonds is 2. The average molecular weight is 222 g/mol. The van der Waals surface area contributed by atoms with Gasteiger partial charge in [-0.1, -0.05) is 0 Å². The highest BCUT2D eigenvalue weighted by molar-refractivity contribution is 5.87. The van der Waals surface area contributed by atoms with Crippen molar-refractivity contribution in [2.24, 2.45) is 5.73 Å². The Hall–Kier alpha value is -1.42. The maximum absolute atomic E-state index is 11.7. The smallest absolute Gasteiger partial charge is 0.357 e. The van der Waals surface area contributed by atoms with Gasteiger partial charge in [-0.25, -0.2) is 9.78 Å².